The Morgan fingerprint density at radius 1 is 1.00 bits per heavy atom. The fourth-order valence-corrected chi connectivity index (χ4v) is 3.90. The maximum absolute atomic E-state index is 12.4. The van der Waals surface area contributed by atoms with Gasteiger partial charge in [-0.3, -0.25) is 9.27 Å². The topological polar surface area (TPSA) is 110 Å². The van der Waals surface area contributed by atoms with Gasteiger partial charge in [-0.1, -0.05) is 17.7 Å². The van der Waals surface area contributed by atoms with Gasteiger partial charge in [0.1, 0.15) is 10.6 Å². The number of sulfonamides is 1. The lowest BCUT2D eigenvalue weighted by Crippen LogP contribution is -2.14. The Hall–Kier alpha value is -2.10. The van der Waals surface area contributed by atoms with Crippen molar-refractivity contribution in [3.8, 4) is 5.75 Å². The standard InChI is InChI=1S/C15H17NO6S2/c1-10-4-6-12(7-5-10)23(17,18)16-13-9-14(22-3)15(8-11(13)2)24(19,20)21/h4-9,16H,1-3H3,(H,19,20,21). The molecule has 0 aliphatic carbocycles. The van der Waals surface area contributed by atoms with Crippen LogP contribution < -0.4 is 9.46 Å². The molecule has 0 aromatic heterocycles. The van der Waals surface area contributed by atoms with Gasteiger partial charge < -0.3 is 4.74 Å². The third-order valence-corrected chi connectivity index (χ3v) is 5.62. The van der Waals surface area contributed by atoms with Crippen LogP contribution in [0.15, 0.2) is 46.2 Å². The zero-order valence-corrected chi connectivity index (χ0v) is 14.9. The Labute approximate surface area is 141 Å². The van der Waals surface area contributed by atoms with E-state index in [2.05, 4.69) is 4.72 Å². The molecule has 130 valence electrons. The smallest absolute Gasteiger partial charge is 0.298 e. The van der Waals surface area contributed by atoms with Crippen LogP contribution in [0.2, 0.25) is 0 Å². The lowest BCUT2D eigenvalue weighted by atomic mass is 10.2. The molecule has 2 N–H and O–H groups in total. The zero-order chi connectivity index (χ0) is 18.1. The van der Waals surface area contributed by atoms with Gasteiger partial charge in [-0.15, -0.1) is 0 Å². The van der Waals surface area contributed by atoms with Crippen molar-refractivity contribution in [2.75, 3.05) is 11.8 Å². The van der Waals surface area contributed by atoms with Gasteiger partial charge in [-0.25, -0.2) is 8.42 Å². The normalized spacial score (nSPS) is 12.0. The fraction of sp³-hybridized carbons (Fsp3) is 0.200. The van der Waals surface area contributed by atoms with Crippen molar-refractivity contribution in [3.63, 3.8) is 0 Å². The van der Waals surface area contributed by atoms with Crippen molar-refractivity contribution in [3.05, 3.63) is 47.5 Å². The number of hydrogen-bond acceptors (Lipinski definition) is 5. The molecule has 0 fully saturated rings. The van der Waals surface area contributed by atoms with Crippen LogP contribution in [0, 0.1) is 13.8 Å². The van der Waals surface area contributed by atoms with E-state index in [9.17, 15) is 21.4 Å². The second kappa shape index (κ2) is 6.42. The summed E-state index contributed by atoms with van der Waals surface area (Å²) < 4.78 is 64.1. The minimum Gasteiger partial charge on any atom is -0.495 e. The molecule has 0 radical (unpaired) electrons. The maximum atomic E-state index is 12.4. The van der Waals surface area contributed by atoms with Crippen molar-refractivity contribution < 1.29 is 26.1 Å². The van der Waals surface area contributed by atoms with Crippen LogP contribution >= 0.6 is 0 Å². The minimum atomic E-state index is -4.49. The SMILES string of the molecule is COc1cc(NS(=O)(=O)c2ccc(C)cc2)c(C)cc1S(=O)(=O)O. The van der Waals surface area contributed by atoms with Gasteiger partial charge in [0.2, 0.25) is 0 Å². The number of benzene rings is 2. The van der Waals surface area contributed by atoms with E-state index in [4.69, 9.17) is 4.74 Å². The van der Waals surface area contributed by atoms with Crippen molar-refractivity contribution in [1.82, 2.24) is 0 Å². The quantitative estimate of drug-likeness (QED) is 0.781. The molecule has 0 heterocycles. The number of methoxy groups -OCH3 is 1. The summed E-state index contributed by atoms with van der Waals surface area (Å²) in [5, 5.41) is 0. The highest BCUT2D eigenvalue weighted by atomic mass is 32.2. The summed E-state index contributed by atoms with van der Waals surface area (Å²) in [6.45, 7) is 3.36. The summed E-state index contributed by atoms with van der Waals surface area (Å²) >= 11 is 0. The summed E-state index contributed by atoms with van der Waals surface area (Å²) in [6.07, 6.45) is 0. The molecule has 9 heteroatoms. The molecule has 0 bridgehead atoms. The molecule has 7 nitrogen and oxygen atoms in total. The summed E-state index contributed by atoms with van der Waals surface area (Å²) in [4.78, 5) is -0.355. The molecule has 2 aromatic rings. The molecule has 0 saturated carbocycles. The van der Waals surface area contributed by atoms with Gasteiger partial charge in [-0.05, 0) is 37.6 Å². The third kappa shape index (κ3) is 3.86. The number of anilines is 1. The Kier molecular flexibility index (Phi) is 4.88. The van der Waals surface area contributed by atoms with E-state index in [1.807, 2.05) is 6.92 Å². The second-order valence-electron chi connectivity index (χ2n) is 5.21. The maximum Gasteiger partial charge on any atom is 0.298 e. The number of hydrogen-bond donors (Lipinski definition) is 2. The van der Waals surface area contributed by atoms with Gasteiger partial charge in [0.15, 0.2) is 0 Å². The van der Waals surface area contributed by atoms with Gasteiger partial charge in [0, 0.05) is 6.07 Å². The van der Waals surface area contributed by atoms with Gasteiger partial charge in [0.05, 0.1) is 17.7 Å². The first kappa shape index (κ1) is 18.2. The molecular weight excluding hydrogens is 354 g/mol. The highest BCUT2D eigenvalue weighted by molar-refractivity contribution is 7.92. The average molecular weight is 371 g/mol. The molecule has 0 aliphatic rings. The number of ether oxygens (including phenoxy) is 1. The molecule has 0 aliphatic heterocycles. The Morgan fingerprint density at radius 3 is 2.08 bits per heavy atom. The van der Waals surface area contributed by atoms with Crippen molar-refractivity contribution >= 4 is 25.8 Å². The van der Waals surface area contributed by atoms with E-state index in [-0.39, 0.29) is 16.3 Å². The first-order valence-corrected chi connectivity index (χ1v) is 9.72. The Bertz CT molecular complexity index is 964. The van der Waals surface area contributed by atoms with Crippen LogP contribution in [0.4, 0.5) is 5.69 Å². The first-order chi connectivity index (χ1) is 11.0. The summed E-state index contributed by atoms with van der Waals surface area (Å²) in [7, 11) is -7.11. The molecule has 0 atom stereocenters. The Balaban J connectivity index is 2.48. The fourth-order valence-electron chi connectivity index (χ4n) is 2.05. The molecule has 0 spiro atoms. The summed E-state index contributed by atoms with van der Waals surface area (Å²) in [6, 6.07) is 8.63. The predicted octanol–water partition coefficient (Wildman–Crippen LogP) is 2.36. The molecule has 2 aromatic carbocycles. The van der Waals surface area contributed by atoms with Crippen LogP contribution in [0.5, 0.6) is 5.75 Å². The van der Waals surface area contributed by atoms with E-state index >= 15 is 0 Å². The third-order valence-electron chi connectivity index (χ3n) is 3.36. The highest BCUT2D eigenvalue weighted by Crippen LogP contribution is 2.31. The predicted molar refractivity (Wildman–Crippen MR) is 89.5 cm³/mol. The number of nitrogens with one attached hydrogen (secondary N) is 1. The van der Waals surface area contributed by atoms with Crippen LogP contribution in [0.1, 0.15) is 11.1 Å². The molecule has 0 unspecified atom stereocenters. The van der Waals surface area contributed by atoms with Crippen LogP contribution in [-0.2, 0) is 20.1 Å². The largest absolute Gasteiger partial charge is 0.495 e. The first-order valence-electron chi connectivity index (χ1n) is 6.80. The number of aryl methyl sites for hydroxylation is 2. The lowest BCUT2D eigenvalue weighted by Gasteiger charge is -2.14. The lowest BCUT2D eigenvalue weighted by molar-refractivity contribution is 0.397. The highest BCUT2D eigenvalue weighted by Gasteiger charge is 2.21. The zero-order valence-electron chi connectivity index (χ0n) is 13.3. The van der Waals surface area contributed by atoms with Crippen molar-refractivity contribution in [2.24, 2.45) is 0 Å². The second-order valence-corrected chi connectivity index (χ2v) is 8.28. The molecular formula is C15H17NO6S2. The van der Waals surface area contributed by atoms with Gasteiger partial charge in [-0.2, -0.15) is 8.42 Å². The molecule has 0 saturated heterocycles. The van der Waals surface area contributed by atoms with Crippen LogP contribution in [-0.4, -0.2) is 28.5 Å². The van der Waals surface area contributed by atoms with E-state index in [0.29, 0.717) is 5.56 Å². The van der Waals surface area contributed by atoms with E-state index in [0.717, 1.165) is 11.6 Å². The van der Waals surface area contributed by atoms with Crippen LogP contribution in [0.25, 0.3) is 0 Å². The van der Waals surface area contributed by atoms with Crippen LogP contribution in [0.3, 0.4) is 0 Å². The van der Waals surface area contributed by atoms with E-state index in [1.165, 1.54) is 32.2 Å². The minimum absolute atomic E-state index is 0.0744. The average Bonchev–Trinajstić information content (AvgIpc) is 2.48. The monoisotopic (exact) mass is 371 g/mol. The molecule has 2 rings (SSSR count). The van der Waals surface area contributed by atoms with Crippen molar-refractivity contribution in [1.29, 1.82) is 0 Å². The Morgan fingerprint density at radius 2 is 1.58 bits per heavy atom. The molecule has 24 heavy (non-hydrogen) atoms. The van der Waals surface area contributed by atoms with Crippen molar-refractivity contribution in [2.45, 2.75) is 23.6 Å². The summed E-state index contributed by atoms with van der Waals surface area (Å²) in [5.74, 6) is -0.162. The molecule has 0 amide bonds. The van der Waals surface area contributed by atoms with Gasteiger partial charge in [0.25, 0.3) is 20.1 Å². The number of rotatable bonds is 5. The van der Waals surface area contributed by atoms with E-state index in [1.54, 1.807) is 12.1 Å². The van der Waals surface area contributed by atoms with E-state index < -0.39 is 25.0 Å². The summed E-state index contributed by atoms with van der Waals surface area (Å²) in [5.41, 5.74) is 1.39. The van der Waals surface area contributed by atoms with Gasteiger partial charge >= 0.3 is 0 Å².